The van der Waals surface area contributed by atoms with Crippen molar-refractivity contribution < 1.29 is 19.1 Å². The van der Waals surface area contributed by atoms with Gasteiger partial charge in [-0.05, 0) is 49.2 Å². The highest BCUT2D eigenvalue weighted by Crippen LogP contribution is 2.38. The van der Waals surface area contributed by atoms with Crippen LogP contribution in [0.5, 0.6) is 0 Å². The van der Waals surface area contributed by atoms with Gasteiger partial charge < -0.3 is 14.4 Å². The molecule has 0 unspecified atom stereocenters. The van der Waals surface area contributed by atoms with Crippen molar-refractivity contribution in [3.8, 4) is 0 Å². The summed E-state index contributed by atoms with van der Waals surface area (Å²) in [5.41, 5.74) is 2.52. The molecule has 0 aromatic heterocycles. The molecule has 7 heteroatoms. The van der Waals surface area contributed by atoms with E-state index in [2.05, 4.69) is 15.9 Å². The van der Waals surface area contributed by atoms with Gasteiger partial charge in [0.1, 0.15) is 0 Å². The van der Waals surface area contributed by atoms with E-state index in [-0.39, 0.29) is 13.2 Å². The molecule has 3 rings (SSSR count). The van der Waals surface area contributed by atoms with Gasteiger partial charge in [-0.15, -0.1) is 0 Å². The van der Waals surface area contributed by atoms with E-state index in [4.69, 9.17) is 21.1 Å². The van der Waals surface area contributed by atoms with E-state index in [0.717, 1.165) is 15.6 Å². The fraction of sp³-hybridized carbons (Fsp3) is 0.250. The van der Waals surface area contributed by atoms with Crippen LogP contribution in [-0.4, -0.2) is 30.1 Å². The van der Waals surface area contributed by atoms with Crippen LogP contribution in [0.25, 0.3) is 0 Å². The number of hydrogen-bond donors (Lipinski definition) is 0. The number of nitrogens with zero attached hydrogens (tertiary/aromatic N) is 1. The summed E-state index contributed by atoms with van der Waals surface area (Å²) in [5.74, 6) is -1.54. The Balaban J connectivity index is 2.07. The van der Waals surface area contributed by atoms with Crippen LogP contribution in [-0.2, 0) is 25.6 Å². The van der Waals surface area contributed by atoms with E-state index in [0.29, 0.717) is 22.7 Å². The lowest BCUT2D eigenvalue weighted by Gasteiger charge is -2.30. The van der Waals surface area contributed by atoms with E-state index in [1.807, 2.05) is 36.4 Å². The first-order valence-corrected chi connectivity index (χ1v) is 11.1. The molecule has 0 fully saturated rings. The second-order valence-electron chi connectivity index (χ2n) is 6.90. The molecule has 0 saturated carbocycles. The summed E-state index contributed by atoms with van der Waals surface area (Å²) in [7, 11) is 0. The number of rotatable bonds is 7. The number of halogens is 2. The maximum atomic E-state index is 12.9. The number of esters is 2. The van der Waals surface area contributed by atoms with E-state index >= 15 is 0 Å². The zero-order chi connectivity index (χ0) is 22.4. The zero-order valence-corrected chi connectivity index (χ0v) is 19.7. The van der Waals surface area contributed by atoms with Crippen molar-refractivity contribution in [3.63, 3.8) is 0 Å². The third-order valence-corrected chi connectivity index (χ3v) is 5.46. The van der Waals surface area contributed by atoms with Crippen LogP contribution in [0.3, 0.4) is 0 Å². The fourth-order valence-corrected chi connectivity index (χ4v) is 3.96. The lowest BCUT2D eigenvalue weighted by atomic mass is 9.83. The van der Waals surface area contributed by atoms with E-state index < -0.39 is 17.9 Å². The molecule has 2 aromatic rings. The van der Waals surface area contributed by atoms with Crippen molar-refractivity contribution in [2.75, 3.05) is 13.2 Å². The largest absolute Gasteiger partial charge is 0.463 e. The average molecular weight is 505 g/mol. The van der Waals surface area contributed by atoms with Gasteiger partial charge >= 0.3 is 11.9 Å². The van der Waals surface area contributed by atoms with Crippen LogP contribution in [0.1, 0.15) is 30.9 Å². The van der Waals surface area contributed by atoms with Crippen molar-refractivity contribution in [1.82, 2.24) is 4.90 Å². The molecular formula is C24H23BrClNO4. The Morgan fingerprint density at radius 3 is 2.06 bits per heavy atom. The normalized spacial score (nSPS) is 14.0. The second-order valence-corrected chi connectivity index (χ2v) is 8.25. The van der Waals surface area contributed by atoms with Gasteiger partial charge in [-0.25, -0.2) is 9.59 Å². The first-order chi connectivity index (χ1) is 14.9. The number of carbonyl (C=O) groups is 2. The van der Waals surface area contributed by atoms with Gasteiger partial charge in [0.05, 0.1) is 30.3 Å². The maximum Gasteiger partial charge on any atom is 0.336 e. The fourth-order valence-electron chi connectivity index (χ4n) is 3.42. The van der Waals surface area contributed by atoms with Gasteiger partial charge in [0.25, 0.3) is 0 Å². The van der Waals surface area contributed by atoms with Crippen molar-refractivity contribution >= 4 is 39.5 Å². The summed E-state index contributed by atoms with van der Waals surface area (Å²) in [4.78, 5) is 27.6. The van der Waals surface area contributed by atoms with Crippen LogP contribution in [0.15, 0.2) is 76.5 Å². The quantitative estimate of drug-likeness (QED) is 0.460. The van der Waals surface area contributed by atoms with Crippen molar-refractivity contribution in [2.24, 2.45) is 0 Å². The molecule has 1 aliphatic heterocycles. The summed E-state index contributed by atoms with van der Waals surface area (Å²) >= 11 is 9.46. The smallest absolute Gasteiger partial charge is 0.336 e. The molecule has 31 heavy (non-hydrogen) atoms. The molecule has 0 radical (unpaired) electrons. The lowest BCUT2D eigenvalue weighted by molar-refractivity contribution is -0.139. The van der Waals surface area contributed by atoms with Crippen molar-refractivity contribution in [1.29, 1.82) is 0 Å². The molecule has 1 heterocycles. The molecule has 0 aliphatic carbocycles. The molecule has 162 valence electrons. The van der Waals surface area contributed by atoms with Crippen LogP contribution in [0.2, 0.25) is 5.02 Å². The first kappa shape index (κ1) is 23.1. The van der Waals surface area contributed by atoms with E-state index in [9.17, 15) is 9.59 Å². The molecule has 0 N–H and O–H groups in total. The Labute approximate surface area is 195 Å². The minimum atomic E-state index is -0.600. The van der Waals surface area contributed by atoms with Gasteiger partial charge in [0.2, 0.25) is 0 Å². The highest BCUT2D eigenvalue weighted by Gasteiger charge is 2.35. The molecule has 5 nitrogen and oxygen atoms in total. The average Bonchev–Trinajstić information content (AvgIpc) is 2.75. The van der Waals surface area contributed by atoms with Gasteiger partial charge in [-0.1, -0.05) is 51.8 Å². The topological polar surface area (TPSA) is 55.8 Å². The van der Waals surface area contributed by atoms with Gasteiger partial charge in [-0.2, -0.15) is 0 Å². The van der Waals surface area contributed by atoms with Crippen molar-refractivity contribution in [3.05, 3.63) is 92.7 Å². The van der Waals surface area contributed by atoms with E-state index in [1.165, 1.54) is 0 Å². The maximum absolute atomic E-state index is 12.9. The Hall–Kier alpha value is -2.57. The van der Waals surface area contributed by atoms with Gasteiger partial charge in [0, 0.05) is 28.4 Å². The van der Waals surface area contributed by atoms with Crippen molar-refractivity contribution in [2.45, 2.75) is 26.3 Å². The zero-order valence-electron chi connectivity index (χ0n) is 17.3. The molecule has 0 amide bonds. The SMILES string of the molecule is CCOC(=O)C1=CN(Cc2ccc(Cl)cc2)C=C(C(=O)OCC)C1c1cccc(Br)c1. The number of carbonyl (C=O) groups excluding carboxylic acids is 2. The standard InChI is InChI=1S/C24H23BrClNO4/c1-3-30-23(28)20-14-27(13-16-8-10-19(26)11-9-16)15-21(24(29)31-4-2)22(20)17-6-5-7-18(25)12-17/h5-12,14-15,22H,3-4,13H2,1-2H3. The Kier molecular flexibility index (Phi) is 7.93. The van der Waals surface area contributed by atoms with Crippen LogP contribution in [0.4, 0.5) is 0 Å². The minimum absolute atomic E-state index is 0.233. The Bertz CT molecular complexity index is 980. The minimum Gasteiger partial charge on any atom is -0.463 e. The predicted octanol–water partition coefficient (Wildman–Crippen LogP) is 5.60. The molecule has 0 bridgehead atoms. The third kappa shape index (κ3) is 5.77. The van der Waals surface area contributed by atoms with Gasteiger partial charge in [0.15, 0.2) is 0 Å². The third-order valence-electron chi connectivity index (χ3n) is 4.71. The number of benzene rings is 2. The summed E-state index contributed by atoms with van der Waals surface area (Å²) in [6.45, 7) is 4.42. The highest BCUT2D eigenvalue weighted by atomic mass is 79.9. The molecular weight excluding hydrogens is 482 g/mol. The number of hydrogen-bond acceptors (Lipinski definition) is 5. The predicted molar refractivity (Wildman–Crippen MR) is 123 cm³/mol. The van der Waals surface area contributed by atoms with Crippen LogP contribution < -0.4 is 0 Å². The second kappa shape index (κ2) is 10.6. The lowest BCUT2D eigenvalue weighted by Crippen LogP contribution is -2.29. The summed E-state index contributed by atoms with van der Waals surface area (Å²) in [5, 5.41) is 0.641. The van der Waals surface area contributed by atoms with E-state index in [1.54, 1.807) is 43.3 Å². The summed E-state index contributed by atoms with van der Waals surface area (Å²) in [6, 6.07) is 14.9. The number of ether oxygens (including phenoxy) is 2. The Morgan fingerprint density at radius 2 is 1.55 bits per heavy atom. The summed E-state index contributed by atoms with van der Waals surface area (Å²) in [6.07, 6.45) is 3.47. The first-order valence-electron chi connectivity index (χ1n) is 9.96. The highest BCUT2D eigenvalue weighted by molar-refractivity contribution is 9.10. The van der Waals surface area contributed by atoms with Gasteiger partial charge in [-0.3, -0.25) is 0 Å². The summed E-state index contributed by atoms with van der Waals surface area (Å²) < 4.78 is 11.5. The molecule has 0 saturated heterocycles. The molecule has 1 aliphatic rings. The monoisotopic (exact) mass is 503 g/mol. The molecule has 0 spiro atoms. The molecule has 2 aromatic carbocycles. The van der Waals surface area contributed by atoms with Crippen LogP contribution >= 0.6 is 27.5 Å². The molecule has 0 atom stereocenters. The Morgan fingerprint density at radius 1 is 0.968 bits per heavy atom. The van der Waals surface area contributed by atoms with Crippen LogP contribution in [0, 0.1) is 0 Å².